The van der Waals surface area contributed by atoms with Gasteiger partial charge in [-0.05, 0) is 34.1 Å². The van der Waals surface area contributed by atoms with Gasteiger partial charge in [0, 0.05) is 31.4 Å². The first-order valence-electron chi connectivity index (χ1n) is 9.65. The molecule has 4 rings (SSSR count). The maximum atomic E-state index is 12.4. The predicted molar refractivity (Wildman–Crippen MR) is 115 cm³/mol. The third kappa shape index (κ3) is 4.57. The molecule has 172 valence electrons. The zero-order chi connectivity index (χ0) is 23.2. The second-order valence-corrected chi connectivity index (χ2v) is 9.08. The molecule has 14 heteroatoms. The van der Waals surface area contributed by atoms with Crippen molar-refractivity contribution in [1.29, 1.82) is 0 Å². The molecule has 3 aromatic heterocycles. The first kappa shape index (κ1) is 22.9. The number of β-amino-alcohol motifs (C(OH)–C–C–N with tert-alkyl or cyclic N) is 1. The van der Waals surface area contributed by atoms with E-state index in [0.29, 0.717) is 35.5 Å². The summed E-state index contributed by atoms with van der Waals surface area (Å²) in [5.74, 6) is 0.589. The van der Waals surface area contributed by atoms with Crippen LogP contribution in [-0.2, 0) is 13.0 Å². The number of aromatic amines is 2. The molecule has 0 aromatic carbocycles. The van der Waals surface area contributed by atoms with Crippen molar-refractivity contribution in [3.63, 3.8) is 0 Å². The maximum Gasteiger partial charge on any atom is 0.390 e. The Labute approximate surface area is 191 Å². The molecule has 1 fully saturated rings. The Morgan fingerprint density at radius 1 is 1.28 bits per heavy atom. The highest BCUT2D eigenvalue weighted by Gasteiger charge is 2.30. The van der Waals surface area contributed by atoms with Gasteiger partial charge < -0.3 is 20.0 Å². The van der Waals surface area contributed by atoms with E-state index in [1.54, 1.807) is 0 Å². The standard InChI is InChI=1S/C18H18BrF3N6O3S/c1-2-9-13(19)12-14(23-9)25-16(26-15(12)27-6-8(29)7-27)32-10-5-11(30)28(17(31)24-10)4-3-18(20,21)22/h5,8,29H,2-4,6-7H2,1H3,(H,24,31)(H,23,25,26). The fourth-order valence-electron chi connectivity index (χ4n) is 3.32. The van der Waals surface area contributed by atoms with E-state index >= 15 is 0 Å². The van der Waals surface area contributed by atoms with Gasteiger partial charge in [0.25, 0.3) is 5.56 Å². The number of hydrogen-bond acceptors (Lipinski definition) is 7. The summed E-state index contributed by atoms with van der Waals surface area (Å²) < 4.78 is 38.7. The van der Waals surface area contributed by atoms with Crippen molar-refractivity contribution in [3.8, 4) is 0 Å². The first-order chi connectivity index (χ1) is 15.1. The van der Waals surface area contributed by atoms with Crippen LogP contribution in [0.1, 0.15) is 19.0 Å². The van der Waals surface area contributed by atoms with Gasteiger partial charge in [-0.25, -0.2) is 14.8 Å². The van der Waals surface area contributed by atoms with Crippen LogP contribution in [0.4, 0.5) is 19.0 Å². The summed E-state index contributed by atoms with van der Waals surface area (Å²) in [5.41, 5.74) is -0.321. The van der Waals surface area contributed by atoms with E-state index in [-0.39, 0.29) is 10.2 Å². The maximum absolute atomic E-state index is 12.4. The second-order valence-electron chi connectivity index (χ2n) is 7.28. The minimum Gasteiger partial charge on any atom is -0.389 e. The average molecular weight is 535 g/mol. The third-order valence-corrected chi connectivity index (χ3v) is 6.63. The van der Waals surface area contributed by atoms with Gasteiger partial charge in [-0.1, -0.05) is 6.92 Å². The van der Waals surface area contributed by atoms with Crippen molar-refractivity contribution in [2.45, 2.75) is 48.8 Å². The van der Waals surface area contributed by atoms with Gasteiger partial charge >= 0.3 is 11.9 Å². The molecule has 0 unspecified atom stereocenters. The highest BCUT2D eigenvalue weighted by molar-refractivity contribution is 9.10. The van der Waals surface area contributed by atoms with E-state index in [2.05, 4.69) is 35.9 Å². The smallest absolute Gasteiger partial charge is 0.389 e. The number of aryl methyl sites for hydroxylation is 1. The minimum atomic E-state index is -4.48. The first-order valence-corrected chi connectivity index (χ1v) is 11.3. The fraction of sp³-hybridized carbons (Fsp3) is 0.444. The quantitative estimate of drug-likeness (QED) is 0.328. The van der Waals surface area contributed by atoms with Gasteiger partial charge in [0.2, 0.25) is 0 Å². The molecule has 0 radical (unpaired) electrons. The molecular formula is C18H18BrF3N6O3S. The third-order valence-electron chi connectivity index (χ3n) is 4.95. The molecule has 4 heterocycles. The lowest BCUT2D eigenvalue weighted by Crippen LogP contribution is -2.51. The molecule has 1 aliphatic heterocycles. The van der Waals surface area contributed by atoms with Crippen molar-refractivity contribution in [1.82, 2.24) is 24.5 Å². The number of hydrogen-bond donors (Lipinski definition) is 3. The molecule has 32 heavy (non-hydrogen) atoms. The van der Waals surface area contributed by atoms with E-state index in [1.165, 1.54) is 0 Å². The number of aromatic nitrogens is 5. The second kappa shape index (κ2) is 8.56. The summed E-state index contributed by atoms with van der Waals surface area (Å²) in [6, 6.07) is 1.05. The van der Waals surface area contributed by atoms with Crippen LogP contribution in [-0.4, -0.2) is 55.0 Å². The van der Waals surface area contributed by atoms with Gasteiger partial charge in [0.1, 0.15) is 11.5 Å². The number of H-pyrrole nitrogens is 2. The minimum absolute atomic E-state index is 0.110. The fourth-order valence-corrected chi connectivity index (χ4v) is 4.83. The molecule has 0 bridgehead atoms. The Kier molecular flexibility index (Phi) is 6.11. The SMILES string of the molecule is CCc1[nH]c2nc(Sc3cc(=O)n(CCC(F)(F)F)c(=O)[nH]3)nc(N3CC(O)C3)c2c1Br. The summed E-state index contributed by atoms with van der Waals surface area (Å²) in [6.07, 6.45) is -5.51. The predicted octanol–water partition coefficient (Wildman–Crippen LogP) is 2.42. The molecule has 1 saturated heterocycles. The van der Waals surface area contributed by atoms with Crippen LogP contribution >= 0.6 is 27.7 Å². The van der Waals surface area contributed by atoms with E-state index < -0.39 is 36.5 Å². The van der Waals surface area contributed by atoms with Crippen LogP contribution in [0.5, 0.6) is 0 Å². The summed E-state index contributed by atoms with van der Waals surface area (Å²) in [7, 11) is 0. The molecular weight excluding hydrogens is 517 g/mol. The summed E-state index contributed by atoms with van der Waals surface area (Å²) in [6.45, 7) is 2.02. The molecule has 9 nitrogen and oxygen atoms in total. The van der Waals surface area contributed by atoms with Crippen molar-refractivity contribution in [3.05, 3.63) is 37.1 Å². The molecule has 3 aromatic rings. The lowest BCUT2D eigenvalue weighted by molar-refractivity contribution is -0.137. The molecule has 0 saturated carbocycles. The van der Waals surface area contributed by atoms with Gasteiger partial charge in [-0.2, -0.15) is 13.2 Å². The lowest BCUT2D eigenvalue weighted by Gasteiger charge is -2.37. The number of nitrogens with zero attached hydrogens (tertiary/aromatic N) is 4. The number of fused-ring (bicyclic) bond motifs is 1. The van der Waals surface area contributed by atoms with Crippen LogP contribution in [0.15, 0.2) is 30.3 Å². The van der Waals surface area contributed by atoms with Crippen LogP contribution in [0.25, 0.3) is 11.0 Å². The largest absolute Gasteiger partial charge is 0.390 e. The van der Waals surface area contributed by atoms with E-state index in [0.717, 1.165) is 33.4 Å². The molecule has 1 aliphatic rings. The Hall–Kier alpha value is -2.32. The van der Waals surface area contributed by atoms with Crippen LogP contribution < -0.4 is 16.1 Å². The molecule has 0 aliphatic carbocycles. The van der Waals surface area contributed by atoms with Crippen molar-refractivity contribution in [2.75, 3.05) is 18.0 Å². The van der Waals surface area contributed by atoms with Crippen molar-refractivity contribution >= 4 is 44.5 Å². The van der Waals surface area contributed by atoms with E-state index in [4.69, 9.17) is 0 Å². The number of aliphatic hydroxyl groups excluding tert-OH is 1. The van der Waals surface area contributed by atoms with Gasteiger partial charge in [0.05, 0.1) is 27.4 Å². The average Bonchev–Trinajstić information content (AvgIpc) is 2.99. The summed E-state index contributed by atoms with van der Waals surface area (Å²) in [4.78, 5) is 40.9. The summed E-state index contributed by atoms with van der Waals surface area (Å²) in [5, 5.41) is 10.8. The molecule has 0 atom stereocenters. The summed E-state index contributed by atoms with van der Waals surface area (Å²) >= 11 is 4.48. The van der Waals surface area contributed by atoms with Crippen molar-refractivity contribution < 1.29 is 18.3 Å². The topological polar surface area (TPSA) is 120 Å². The number of anilines is 1. The number of rotatable bonds is 6. The zero-order valence-electron chi connectivity index (χ0n) is 16.7. The van der Waals surface area contributed by atoms with E-state index in [9.17, 15) is 27.9 Å². The molecule has 0 amide bonds. The number of halogens is 4. The Bertz CT molecular complexity index is 1250. The highest BCUT2D eigenvalue weighted by atomic mass is 79.9. The molecule has 0 spiro atoms. The van der Waals surface area contributed by atoms with Crippen LogP contribution in [0.3, 0.4) is 0 Å². The Morgan fingerprint density at radius 3 is 2.59 bits per heavy atom. The Balaban J connectivity index is 1.69. The van der Waals surface area contributed by atoms with Crippen LogP contribution in [0.2, 0.25) is 0 Å². The van der Waals surface area contributed by atoms with Gasteiger partial charge in [-0.15, -0.1) is 0 Å². The van der Waals surface area contributed by atoms with Crippen molar-refractivity contribution in [2.24, 2.45) is 0 Å². The number of aliphatic hydroxyl groups is 1. The number of nitrogens with one attached hydrogen (secondary N) is 2. The lowest BCUT2D eigenvalue weighted by atomic mass is 10.1. The monoisotopic (exact) mass is 534 g/mol. The molecule has 3 N–H and O–H groups in total. The normalized spacial score (nSPS) is 14.9. The van der Waals surface area contributed by atoms with Crippen LogP contribution in [0, 0.1) is 0 Å². The number of alkyl halides is 3. The Morgan fingerprint density at radius 2 is 2.00 bits per heavy atom. The van der Waals surface area contributed by atoms with E-state index in [1.807, 2.05) is 11.8 Å². The highest BCUT2D eigenvalue weighted by Crippen LogP contribution is 2.37. The zero-order valence-corrected chi connectivity index (χ0v) is 19.1. The van der Waals surface area contributed by atoms with Gasteiger partial charge in [-0.3, -0.25) is 9.36 Å². The van der Waals surface area contributed by atoms with Gasteiger partial charge in [0.15, 0.2) is 5.16 Å².